The number of amides is 2. The van der Waals surface area contributed by atoms with Gasteiger partial charge in [-0.05, 0) is 37.8 Å². The molecular weight excluding hydrogens is 428 g/mol. The van der Waals surface area contributed by atoms with Crippen LogP contribution >= 0.6 is 0 Å². The van der Waals surface area contributed by atoms with E-state index in [1.165, 1.54) is 0 Å². The highest BCUT2D eigenvalue weighted by Crippen LogP contribution is 2.35. The van der Waals surface area contributed by atoms with E-state index in [0.717, 1.165) is 0 Å². The fourth-order valence-corrected chi connectivity index (χ4v) is 4.92. The molecule has 0 spiro atoms. The topological polar surface area (TPSA) is 166 Å². The lowest BCUT2D eigenvalue weighted by Crippen LogP contribution is -2.44. The third-order valence-corrected chi connectivity index (χ3v) is 6.55. The van der Waals surface area contributed by atoms with Crippen LogP contribution in [-0.2, 0) is 19.2 Å². The first kappa shape index (κ1) is 22.5. The summed E-state index contributed by atoms with van der Waals surface area (Å²) in [6.45, 7) is 0.450. The van der Waals surface area contributed by atoms with Gasteiger partial charge < -0.3 is 26.2 Å². The summed E-state index contributed by atoms with van der Waals surface area (Å²) in [4.78, 5) is 52.9. The Kier molecular flexibility index (Phi) is 6.19. The zero-order chi connectivity index (χ0) is 23.7. The molecule has 10 heteroatoms. The number of carboxylic acids is 2. The van der Waals surface area contributed by atoms with Crippen LogP contribution in [0.5, 0.6) is 0 Å². The number of carbonyl (C=O) groups excluding carboxylic acids is 2. The number of nitrogens with two attached hydrogens (primary N) is 1. The fraction of sp³-hybridized carbons (Fsp3) is 0.391. The van der Waals surface area contributed by atoms with E-state index in [9.17, 15) is 29.4 Å². The van der Waals surface area contributed by atoms with Crippen LogP contribution in [0.25, 0.3) is 10.9 Å². The van der Waals surface area contributed by atoms with Gasteiger partial charge in [-0.3, -0.25) is 24.1 Å². The van der Waals surface area contributed by atoms with Crippen LogP contribution in [0.4, 0.5) is 5.69 Å². The molecule has 174 valence electrons. The number of carboxylic acid groups (broad SMARTS) is 2. The molecule has 4 rings (SSSR count). The zero-order valence-corrected chi connectivity index (χ0v) is 17.9. The number of benzene rings is 1. The molecular formula is C23H26N4O6. The summed E-state index contributed by atoms with van der Waals surface area (Å²) < 4.78 is 0. The molecule has 0 saturated carbocycles. The summed E-state index contributed by atoms with van der Waals surface area (Å²) in [6.07, 6.45) is 7.05. The molecule has 2 amide bonds. The van der Waals surface area contributed by atoms with E-state index in [1.54, 1.807) is 35.4 Å². The minimum atomic E-state index is -1.08. The van der Waals surface area contributed by atoms with Crippen molar-refractivity contribution in [3.63, 3.8) is 0 Å². The van der Waals surface area contributed by atoms with E-state index in [1.807, 2.05) is 6.08 Å². The van der Waals surface area contributed by atoms with Crippen molar-refractivity contribution in [2.24, 2.45) is 17.6 Å². The highest BCUT2D eigenvalue weighted by atomic mass is 16.4. The van der Waals surface area contributed by atoms with E-state index in [-0.39, 0.29) is 5.91 Å². The van der Waals surface area contributed by atoms with Crippen LogP contribution in [-0.4, -0.2) is 56.4 Å². The molecule has 1 aliphatic carbocycles. The Balaban J connectivity index is 1.58. The number of aliphatic carboxylic acids is 2. The lowest BCUT2D eigenvalue weighted by Gasteiger charge is -2.28. The Labute approximate surface area is 189 Å². The normalized spacial score (nSPS) is 23.9. The Hall–Kier alpha value is -3.66. The molecule has 2 heterocycles. The summed E-state index contributed by atoms with van der Waals surface area (Å²) >= 11 is 0. The van der Waals surface area contributed by atoms with Crippen LogP contribution in [0.1, 0.15) is 37.3 Å². The molecule has 0 radical (unpaired) electrons. The number of aromatic nitrogens is 1. The van der Waals surface area contributed by atoms with Crippen LogP contribution in [0.3, 0.4) is 0 Å². The molecule has 1 aromatic heterocycles. The molecule has 0 unspecified atom stereocenters. The van der Waals surface area contributed by atoms with E-state index in [2.05, 4.69) is 10.3 Å². The lowest BCUT2D eigenvalue weighted by molar-refractivity contribution is -0.146. The fourth-order valence-electron chi connectivity index (χ4n) is 4.92. The molecule has 0 bridgehead atoms. The molecule has 2 aromatic rings. The predicted molar refractivity (Wildman–Crippen MR) is 119 cm³/mol. The van der Waals surface area contributed by atoms with E-state index in [4.69, 9.17) is 5.73 Å². The van der Waals surface area contributed by atoms with Gasteiger partial charge in [0, 0.05) is 34.9 Å². The lowest BCUT2D eigenvalue weighted by atomic mass is 9.82. The molecule has 2 aliphatic rings. The number of fused-ring (bicyclic) bond motifs is 1. The number of nitrogens with zero attached hydrogens (tertiary/aromatic N) is 1. The second-order valence-corrected chi connectivity index (χ2v) is 8.53. The number of H-pyrrole nitrogens is 1. The summed E-state index contributed by atoms with van der Waals surface area (Å²) in [5.41, 5.74) is 7.08. The third-order valence-electron chi connectivity index (χ3n) is 6.55. The van der Waals surface area contributed by atoms with Gasteiger partial charge in [0.2, 0.25) is 11.8 Å². The van der Waals surface area contributed by atoms with Gasteiger partial charge in [0.05, 0.1) is 17.9 Å². The van der Waals surface area contributed by atoms with Crippen molar-refractivity contribution in [3.8, 4) is 0 Å². The molecule has 33 heavy (non-hydrogen) atoms. The van der Waals surface area contributed by atoms with E-state index >= 15 is 0 Å². The maximum atomic E-state index is 12.7. The summed E-state index contributed by atoms with van der Waals surface area (Å²) in [5.74, 6) is -4.43. The standard InChI is InChI=1S/C23H26N4O6/c24-20(28)18-6-3-9-27(18)19(23(32)33)16-11-25-17-10-12(7-8-13(16)17)26-21(29)14-4-1-2-5-15(14)22(30)31/h1-2,7-8,10-11,14-15,18-19,25H,3-6,9H2,(H2,24,28)(H,26,29)(H,30,31)(H,32,33)/t14-,15-,18+,19+/m1/s1. The first-order valence-electron chi connectivity index (χ1n) is 10.9. The van der Waals surface area contributed by atoms with Gasteiger partial charge in [0.25, 0.3) is 0 Å². The van der Waals surface area contributed by atoms with Gasteiger partial charge >= 0.3 is 11.9 Å². The number of nitrogens with one attached hydrogen (secondary N) is 2. The molecule has 6 N–H and O–H groups in total. The van der Waals surface area contributed by atoms with Gasteiger partial charge in [-0.2, -0.15) is 0 Å². The quantitative estimate of drug-likeness (QED) is 0.398. The third kappa shape index (κ3) is 4.34. The first-order chi connectivity index (χ1) is 15.8. The SMILES string of the molecule is NC(=O)[C@@H]1CCCN1[C@H](C(=O)O)c1c[nH]c2cc(NC(=O)[C@@H]3CC=CC[C@H]3C(=O)O)ccc12. The van der Waals surface area contributed by atoms with Gasteiger partial charge in [-0.1, -0.05) is 18.2 Å². The second-order valence-electron chi connectivity index (χ2n) is 8.53. The van der Waals surface area contributed by atoms with E-state index in [0.29, 0.717) is 54.4 Å². The second kappa shape index (κ2) is 9.07. The van der Waals surface area contributed by atoms with Crippen molar-refractivity contribution in [1.82, 2.24) is 9.88 Å². The van der Waals surface area contributed by atoms with Gasteiger partial charge in [0.15, 0.2) is 0 Å². The van der Waals surface area contributed by atoms with Crippen molar-refractivity contribution in [3.05, 3.63) is 42.1 Å². The number of likely N-dealkylation sites (tertiary alicyclic amines) is 1. The number of allylic oxidation sites excluding steroid dienone is 2. The molecule has 1 aromatic carbocycles. The predicted octanol–water partition coefficient (Wildman–Crippen LogP) is 1.85. The molecule has 1 fully saturated rings. The van der Waals surface area contributed by atoms with Crippen molar-refractivity contribution in [2.75, 3.05) is 11.9 Å². The van der Waals surface area contributed by atoms with Crippen LogP contribution < -0.4 is 11.1 Å². The highest BCUT2D eigenvalue weighted by molar-refractivity contribution is 5.98. The average Bonchev–Trinajstić information content (AvgIpc) is 3.41. The smallest absolute Gasteiger partial charge is 0.325 e. The van der Waals surface area contributed by atoms with Crippen molar-refractivity contribution in [2.45, 2.75) is 37.8 Å². The number of anilines is 1. The Morgan fingerprint density at radius 2 is 1.85 bits per heavy atom. The molecule has 4 atom stereocenters. The number of hydrogen-bond donors (Lipinski definition) is 5. The van der Waals surface area contributed by atoms with Crippen LogP contribution in [0.15, 0.2) is 36.5 Å². The van der Waals surface area contributed by atoms with Gasteiger partial charge in [-0.25, -0.2) is 0 Å². The Bertz CT molecular complexity index is 1140. The maximum absolute atomic E-state index is 12.7. The highest BCUT2D eigenvalue weighted by Gasteiger charge is 2.39. The monoisotopic (exact) mass is 454 g/mol. The zero-order valence-electron chi connectivity index (χ0n) is 17.9. The minimum Gasteiger partial charge on any atom is -0.481 e. The van der Waals surface area contributed by atoms with E-state index < -0.39 is 41.8 Å². The summed E-state index contributed by atoms with van der Waals surface area (Å²) in [5, 5.41) is 22.8. The van der Waals surface area contributed by atoms with Crippen LogP contribution in [0, 0.1) is 11.8 Å². The number of hydrogen-bond acceptors (Lipinski definition) is 5. The number of aromatic amines is 1. The molecule has 1 saturated heterocycles. The number of primary amides is 1. The number of carbonyl (C=O) groups is 4. The van der Waals surface area contributed by atoms with Crippen molar-refractivity contribution < 1.29 is 29.4 Å². The summed E-state index contributed by atoms with van der Waals surface area (Å²) in [7, 11) is 0. The van der Waals surface area contributed by atoms with Crippen molar-refractivity contribution >= 4 is 40.3 Å². The average molecular weight is 454 g/mol. The Morgan fingerprint density at radius 3 is 2.52 bits per heavy atom. The molecule has 1 aliphatic heterocycles. The van der Waals surface area contributed by atoms with Gasteiger partial charge in [-0.15, -0.1) is 0 Å². The minimum absolute atomic E-state index is 0.311. The Morgan fingerprint density at radius 1 is 1.12 bits per heavy atom. The molecule has 10 nitrogen and oxygen atoms in total. The van der Waals surface area contributed by atoms with Crippen LogP contribution in [0.2, 0.25) is 0 Å². The summed E-state index contributed by atoms with van der Waals surface area (Å²) in [6, 6.07) is 3.36. The largest absolute Gasteiger partial charge is 0.481 e. The van der Waals surface area contributed by atoms with Crippen molar-refractivity contribution in [1.29, 1.82) is 0 Å². The first-order valence-corrected chi connectivity index (χ1v) is 10.9. The maximum Gasteiger partial charge on any atom is 0.325 e. The number of rotatable bonds is 7. The van der Waals surface area contributed by atoms with Gasteiger partial charge in [0.1, 0.15) is 6.04 Å².